The second-order valence-electron chi connectivity index (χ2n) is 3.77. The number of nitrogens with two attached hydrogens (primary N) is 1. The van der Waals surface area contributed by atoms with Crippen molar-refractivity contribution < 1.29 is 4.79 Å². The van der Waals surface area contributed by atoms with Crippen LogP contribution in [0.2, 0.25) is 0 Å². The molecule has 90 valence electrons. The lowest BCUT2D eigenvalue weighted by Gasteiger charge is -2.06. The lowest BCUT2D eigenvalue weighted by Crippen LogP contribution is -2.14. The average molecular weight is 256 g/mol. The fourth-order valence-corrected chi connectivity index (χ4v) is 1.67. The SMILES string of the molecule is NC(=S)c1cccc(C(=O)Nc2ccccc2)c1. The number of para-hydroxylation sites is 1. The normalized spacial score (nSPS) is 9.78. The molecule has 18 heavy (non-hydrogen) atoms. The maximum Gasteiger partial charge on any atom is 0.255 e. The molecule has 0 aromatic heterocycles. The molecule has 0 heterocycles. The summed E-state index contributed by atoms with van der Waals surface area (Å²) in [6, 6.07) is 16.2. The zero-order valence-electron chi connectivity index (χ0n) is 9.59. The van der Waals surface area contributed by atoms with Gasteiger partial charge in [-0.3, -0.25) is 4.79 Å². The van der Waals surface area contributed by atoms with Crippen LogP contribution in [-0.4, -0.2) is 10.9 Å². The van der Waals surface area contributed by atoms with E-state index in [9.17, 15) is 4.79 Å². The van der Waals surface area contributed by atoms with Crippen molar-refractivity contribution in [1.29, 1.82) is 0 Å². The molecule has 0 spiro atoms. The second-order valence-corrected chi connectivity index (χ2v) is 4.21. The first kappa shape index (κ1) is 12.3. The molecule has 0 bridgehead atoms. The predicted octanol–water partition coefficient (Wildman–Crippen LogP) is 2.57. The summed E-state index contributed by atoms with van der Waals surface area (Å²) in [4.78, 5) is 12.3. The van der Waals surface area contributed by atoms with Crippen molar-refractivity contribution in [3.8, 4) is 0 Å². The van der Waals surface area contributed by atoms with Gasteiger partial charge in [-0.25, -0.2) is 0 Å². The molecule has 0 atom stereocenters. The van der Waals surface area contributed by atoms with Gasteiger partial charge in [0.1, 0.15) is 4.99 Å². The number of hydrogen-bond acceptors (Lipinski definition) is 2. The van der Waals surface area contributed by atoms with Crippen molar-refractivity contribution in [2.24, 2.45) is 5.73 Å². The van der Waals surface area contributed by atoms with E-state index in [4.69, 9.17) is 18.0 Å². The Morgan fingerprint density at radius 1 is 1.00 bits per heavy atom. The smallest absolute Gasteiger partial charge is 0.255 e. The summed E-state index contributed by atoms with van der Waals surface area (Å²) in [5.74, 6) is -0.181. The second kappa shape index (κ2) is 5.42. The molecule has 2 aromatic rings. The monoisotopic (exact) mass is 256 g/mol. The number of benzene rings is 2. The van der Waals surface area contributed by atoms with Gasteiger partial charge in [0.25, 0.3) is 5.91 Å². The van der Waals surface area contributed by atoms with Crippen LogP contribution in [0.3, 0.4) is 0 Å². The summed E-state index contributed by atoms with van der Waals surface area (Å²) < 4.78 is 0. The van der Waals surface area contributed by atoms with Gasteiger partial charge in [0.2, 0.25) is 0 Å². The standard InChI is InChI=1S/C14H12N2OS/c15-13(18)10-5-4-6-11(9-10)14(17)16-12-7-2-1-3-8-12/h1-9H,(H2,15,18)(H,16,17). The Hall–Kier alpha value is -2.20. The van der Waals surface area contributed by atoms with Crippen LogP contribution in [0.25, 0.3) is 0 Å². The predicted molar refractivity (Wildman–Crippen MR) is 76.7 cm³/mol. The number of thiocarbonyl (C=S) groups is 1. The molecule has 0 aliphatic rings. The molecule has 1 amide bonds. The third-order valence-corrected chi connectivity index (χ3v) is 2.68. The molecule has 0 saturated heterocycles. The van der Waals surface area contributed by atoms with Crippen LogP contribution < -0.4 is 11.1 Å². The van der Waals surface area contributed by atoms with Crippen molar-refractivity contribution >= 4 is 28.8 Å². The van der Waals surface area contributed by atoms with Crippen LogP contribution in [0.15, 0.2) is 54.6 Å². The minimum atomic E-state index is -0.181. The maximum atomic E-state index is 12.0. The van der Waals surface area contributed by atoms with Gasteiger partial charge in [-0.2, -0.15) is 0 Å². The Morgan fingerprint density at radius 3 is 2.33 bits per heavy atom. The van der Waals surface area contributed by atoms with E-state index >= 15 is 0 Å². The molecule has 2 rings (SSSR count). The lowest BCUT2D eigenvalue weighted by atomic mass is 10.1. The summed E-state index contributed by atoms with van der Waals surface area (Å²) in [6.07, 6.45) is 0. The Morgan fingerprint density at radius 2 is 1.67 bits per heavy atom. The third-order valence-electron chi connectivity index (χ3n) is 2.44. The number of anilines is 1. The first-order valence-corrected chi connectivity index (χ1v) is 5.84. The van der Waals surface area contributed by atoms with Gasteiger partial charge in [-0.1, -0.05) is 42.5 Å². The fraction of sp³-hybridized carbons (Fsp3) is 0. The lowest BCUT2D eigenvalue weighted by molar-refractivity contribution is 0.102. The highest BCUT2D eigenvalue weighted by molar-refractivity contribution is 7.80. The van der Waals surface area contributed by atoms with Crippen LogP contribution in [0, 0.1) is 0 Å². The number of carbonyl (C=O) groups is 1. The third kappa shape index (κ3) is 2.93. The van der Waals surface area contributed by atoms with Gasteiger partial charge in [0, 0.05) is 16.8 Å². The van der Waals surface area contributed by atoms with Crippen molar-refractivity contribution in [3.05, 3.63) is 65.7 Å². The minimum absolute atomic E-state index is 0.181. The number of hydrogen-bond donors (Lipinski definition) is 2. The molecule has 3 N–H and O–H groups in total. The van der Waals surface area contributed by atoms with Crippen LogP contribution in [0.5, 0.6) is 0 Å². The number of rotatable bonds is 3. The van der Waals surface area contributed by atoms with Crippen LogP contribution in [0.4, 0.5) is 5.69 Å². The van der Waals surface area contributed by atoms with Gasteiger partial charge < -0.3 is 11.1 Å². The summed E-state index contributed by atoms with van der Waals surface area (Å²) in [6.45, 7) is 0. The highest BCUT2D eigenvalue weighted by Gasteiger charge is 2.07. The van der Waals surface area contributed by atoms with Crippen LogP contribution in [0.1, 0.15) is 15.9 Å². The van der Waals surface area contributed by atoms with Crippen molar-refractivity contribution in [2.75, 3.05) is 5.32 Å². The summed E-state index contributed by atoms with van der Waals surface area (Å²) >= 11 is 4.88. The van der Waals surface area contributed by atoms with E-state index in [0.717, 1.165) is 5.69 Å². The Kier molecular flexibility index (Phi) is 3.69. The molecule has 0 fully saturated rings. The zero-order valence-corrected chi connectivity index (χ0v) is 10.4. The van der Waals surface area contributed by atoms with E-state index in [1.165, 1.54) is 0 Å². The van der Waals surface area contributed by atoms with E-state index < -0.39 is 0 Å². The molecule has 3 nitrogen and oxygen atoms in total. The number of nitrogens with one attached hydrogen (secondary N) is 1. The van der Waals surface area contributed by atoms with Gasteiger partial charge >= 0.3 is 0 Å². The van der Waals surface area contributed by atoms with Crippen LogP contribution in [-0.2, 0) is 0 Å². The van der Waals surface area contributed by atoms with Crippen molar-refractivity contribution in [3.63, 3.8) is 0 Å². The molecule has 0 radical (unpaired) electrons. The molecule has 2 aromatic carbocycles. The molecular formula is C14H12N2OS. The van der Waals surface area contributed by atoms with Crippen molar-refractivity contribution in [2.45, 2.75) is 0 Å². The summed E-state index contributed by atoms with van der Waals surface area (Å²) in [5.41, 5.74) is 7.51. The highest BCUT2D eigenvalue weighted by atomic mass is 32.1. The molecule has 0 unspecified atom stereocenters. The molecule has 0 aliphatic carbocycles. The fourth-order valence-electron chi connectivity index (χ4n) is 1.54. The Bertz CT molecular complexity index is 581. The molecule has 0 aliphatic heterocycles. The van der Waals surface area contributed by atoms with Crippen molar-refractivity contribution in [1.82, 2.24) is 0 Å². The van der Waals surface area contributed by atoms with E-state index in [1.807, 2.05) is 30.3 Å². The number of amides is 1. The van der Waals surface area contributed by atoms with Crippen LogP contribution >= 0.6 is 12.2 Å². The minimum Gasteiger partial charge on any atom is -0.389 e. The molecule has 4 heteroatoms. The van der Waals surface area contributed by atoms with E-state index in [1.54, 1.807) is 24.3 Å². The van der Waals surface area contributed by atoms with E-state index in [0.29, 0.717) is 11.1 Å². The van der Waals surface area contributed by atoms with Gasteiger partial charge in [0.15, 0.2) is 0 Å². The zero-order chi connectivity index (χ0) is 13.0. The Labute approximate surface area is 111 Å². The molecular weight excluding hydrogens is 244 g/mol. The largest absolute Gasteiger partial charge is 0.389 e. The van der Waals surface area contributed by atoms with E-state index in [-0.39, 0.29) is 10.9 Å². The summed E-state index contributed by atoms with van der Waals surface area (Å²) in [7, 11) is 0. The average Bonchev–Trinajstić information content (AvgIpc) is 2.40. The molecule has 0 saturated carbocycles. The van der Waals surface area contributed by atoms with Gasteiger partial charge in [0.05, 0.1) is 0 Å². The van der Waals surface area contributed by atoms with Gasteiger partial charge in [-0.05, 0) is 24.3 Å². The maximum absolute atomic E-state index is 12.0. The summed E-state index contributed by atoms with van der Waals surface area (Å²) in [5, 5.41) is 2.80. The van der Waals surface area contributed by atoms with Gasteiger partial charge in [-0.15, -0.1) is 0 Å². The first-order chi connectivity index (χ1) is 8.66. The topological polar surface area (TPSA) is 55.1 Å². The van der Waals surface area contributed by atoms with E-state index in [2.05, 4.69) is 5.32 Å². The first-order valence-electron chi connectivity index (χ1n) is 5.43. The Balaban J connectivity index is 2.19. The number of carbonyl (C=O) groups excluding carboxylic acids is 1. The highest BCUT2D eigenvalue weighted by Crippen LogP contribution is 2.10. The quantitative estimate of drug-likeness (QED) is 0.830.